The molecule has 2 aromatic carbocycles. The Morgan fingerprint density at radius 2 is 2.00 bits per heavy atom. The van der Waals surface area contributed by atoms with Crippen LogP contribution in [0.4, 0.5) is 10.5 Å². The van der Waals surface area contributed by atoms with Gasteiger partial charge in [-0.3, -0.25) is 0 Å². The molecule has 1 N–H and O–H groups in total. The molecule has 1 aliphatic heterocycles. The molecular weight excluding hydrogens is 392 g/mol. The first-order chi connectivity index (χ1) is 13.6. The number of nitrogens with zero attached hydrogens (tertiary/aromatic N) is 3. The number of nitriles is 1. The Morgan fingerprint density at radius 1 is 1.29 bits per heavy atom. The van der Waals surface area contributed by atoms with Crippen molar-refractivity contribution < 1.29 is 4.79 Å². The van der Waals surface area contributed by atoms with Crippen LogP contribution >= 0.6 is 23.4 Å². The van der Waals surface area contributed by atoms with E-state index in [4.69, 9.17) is 16.9 Å². The zero-order valence-electron chi connectivity index (χ0n) is 15.6. The molecule has 5 nitrogen and oxygen atoms in total. The van der Waals surface area contributed by atoms with Crippen LogP contribution in [0.5, 0.6) is 0 Å². The van der Waals surface area contributed by atoms with E-state index in [0.717, 1.165) is 29.2 Å². The standard InChI is InChI=1S/C21H21ClN4OS/c1-2-28-12-11-17-14-26(25-20(17)16-5-7-18(22)8-6-16)21(27)24-19-9-3-15(13-23)4-10-19/h3-10,17H,2,11-12,14H2,1H3,(H,24,27). The quantitative estimate of drug-likeness (QED) is 0.661. The smallest absolute Gasteiger partial charge is 0.306 e. The molecule has 0 aliphatic carbocycles. The van der Waals surface area contributed by atoms with Crippen molar-refractivity contribution >= 4 is 40.8 Å². The van der Waals surface area contributed by atoms with E-state index in [2.05, 4.69) is 23.4 Å². The van der Waals surface area contributed by atoms with Crippen molar-refractivity contribution in [3.63, 3.8) is 0 Å². The predicted molar refractivity (Wildman–Crippen MR) is 116 cm³/mol. The molecular formula is C21H21ClN4OS. The largest absolute Gasteiger partial charge is 0.342 e. The highest BCUT2D eigenvalue weighted by atomic mass is 35.5. The molecule has 3 rings (SSSR count). The number of carbonyl (C=O) groups is 1. The maximum Gasteiger partial charge on any atom is 0.342 e. The van der Waals surface area contributed by atoms with E-state index < -0.39 is 0 Å². The molecule has 144 valence electrons. The third kappa shape index (κ3) is 5.06. The summed E-state index contributed by atoms with van der Waals surface area (Å²) in [6.45, 7) is 2.69. The van der Waals surface area contributed by atoms with Crippen molar-refractivity contribution in [3.05, 3.63) is 64.7 Å². The summed E-state index contributed by atoms with van der Waals surface area (Å²) < 4.78 is 0. The van der Waals surface area contributed by atoms with Crippen LogP contribution in [0.25, 0.3) is 0 Å². The Hall–Kier alpha value is -2.49. The molecule has 1 aliphatic rings. The van der Waals surface area contributed by atoms with Gasteiger partial charge in [0, 0.05) is 16.6 Å². The lowest BCUT2D eigenvalue weighted by atomic mass is 9.95. The van der Waals surface area contributed by atoms with Gasteiger partial charge in [-0.15, -0.1) is 0 Å². The minimum absolute atomic E-state index is 0.187. The van der Waals surface area contributed by atoms with Crippen LogP contribution in [-0.2, 0) is 0 Å². The summed E-state index contributed by atoms with van der Waals surface area (Å²) in [5.74, 6) is 2.29. The molecule has 2 aromatic rings. The van der Waals surface area contributed by atoms with Crippen molar-refractivity contribution in [2.75, 3.05) is 23.4 Å². The monoisotopic (exact) mass is 412 g/mol. The number of amides is 2. The van der Waals surface area contributed by atoms with E-state index in [9.17, 15) is 4.79 Å². The van der Waals surface area contributed by atoms with E-state index in [1.165, 1.54) is 5.01 Å². The highest BCUT2D eigenvalue weighted by Crippen LogP contribution is 2.25. The molecule has 0 bridgehead atoms. The van der Waals surface area contributed by atoms with Crippen LogP contribution in [0.15, 0.2) is 53.6 Å². The number of hydrogen-bond donors (Lipinski definition) is 1. The van der Waals surface area contributed by atoms with Gasteiger partial charge in [0.15, 0.2) is 0 Å². The fourth-order valence-corrected chi connectivity index (χ4v) is 3.87. The second-order valence-electron chi connectivity index (χ2n) is 6.38. The SMILES string of the molecule is CCSCCC1CN(C(=O)Nc2ccc(C#N)cc2)N=C1c1ccc(Cl)cc1. The molecule has 0 saturated carbocycles. The van der Waals surface area contributed by atoms with E-state index in [-0.39, 0.29) is 11.9 Å². The second-order valence-corrected chi connectivity index (χ2v) is 8.21. The Balaban J connectivity index is 1.75. The van der Waals surface area contributed by atoms with Gasteiger partial charge in [0.25, 0.3) is 0 Å². The average molecular weight is 413 g/mol. The molecule has 0 saturated heterocycles. The second kappa shape index (κ2) is 9.63. The van der Waals surface area contributed by atoms with Crippen LogP contribution in [-0.4, -0.2) is 34.8 Å². The van der Waals surface area contributed by atoms with Crippen molar-refractivity contribution in [2.24, 2.45) is 11.0 Å². The zero-order chi connectivity index (χ0) is 19.9. The fourth-order valence-electron chi connectivity index (χ4n) is 3.00. The number of urea groups is 1. The Bertz CT molecular complexity index is 890. The van der Waals surface area contributed by atoms with Crippen LogP contribution < -0.4 is 5.32 Å². The molecule has 1 heterocycles. The maximum atomic E-state index is 12.7. The average Bonchev–Trinajstić information content (AvgIpc) is 3.14. The van der Waals surface area contributed by atoms with Gasteiger partial charge in [-0.25, -0.2) is 9.80 Å². The lowest BCUT2D eigenvalue weighted by Gasteiger charge is -2.15. The molecule has 1 unspecified atom stereocenters. The number of rotatable bonds is 6. The van der Waals surface area contributed by atoms with Gasteiger partial charge >= 0.3 is 6.03 Å². The van der Waals surface area contributed by atoms with E-state index >= 15 is 0 Å². The fraction of sp³-hybridized carbons (Fsp3) is 0.286. The molecule has 0 fully saturated rings. The van der Waals surface area contributed by atoms with Crippen LogP contribution in [0.3, 0.4) is 0 Å². The van der Waals surface area contributed by atoms with E-state index in [1.54, 1.807) is 24.3 Å². The Kier molecular flexibility index (Phi) is 6.96. The summed E-state index contributed by atoms with van der Waals surface area (Å²) in [6, 6.07) is 16.1. The number of hydrazone groups is 1. The first-order valence-electron chi connectivity index (χ1n) is 9.11. The number of carbonyl (C=O) groups excluding carboxylic acids is 1. The number of thioether (sulfide) groups is 1. The zero-order valence-corrected chi connectivity index (χ0v) is 17.1. The first kappa shape index (κ1) is 20.2. The number of halogens is 1. The molecule has 2 amide bonds. The molecule has 0 aromatic heterocycles. The summed E-state index contributed by atoms with van der Waals surface area (Å²) in [7, 11) is 0. The minimum Gasteiger partial charge on any atom is -0.306 e. The van der Waals surface area contributed by atoms with Gasteiger partial charge in [-0.2, -0.15) is 22.1 Å². The third-order valence-electron chi connectivity index (χ3n) is 4.46. The van der Waals surface area contributed by atoms with Gasteiger partial charge in [0.05, 0.1) is 23.9 Å². The summed E-state index contributed by atoms with van der Waals surface area (Å²) >= 11 is 7.90. The van der Waals surface area contributed by atoms with Gasteiger partial charge in [-0.05, 0) is 59.9 Å². The lowest BCUT2D eigenvalue weighted by Crippen LogP contribution is -2.30. The highest BCUT2D eigenvalue weighted by molar-refractivity contribution is 7.99. The van der Waals surface area contributed by atoms with Crippen molar-refractivity contribution in [1.82, 2.24) is 5.01 Å². The van der Waals surface area contributed by atoms with Crippen LogP contribution in [0.2, 0.25) is 5.02 Å². The molecule has 1 atom stereocenters. The summed E-state index contributed by atoms with van der Waals surface area (Å²) in [4.78, 5) is 12.7. The van der Waals surface area contributed by atoms with Gasteiger partial charge in [-0.1, -0.05) is 30.7 Å². The number of anilines is 1. The van der Waals surface area contributed by atoms with E-state index in [0.29, 0.717) is 22.8 Å². The highest BCUT2D eigenvalue weighted by Gasteiger charge is 2.30. The first-order valence-corrected chi connectivity index (χ1v) is 10.6. The van der Waals surface area contributed by atoms with Gasteiger partial charge < -0.3 is 5.32 Å². The molecule has 7 heteroatoms. The molecule has 28 heavy (non-hydrogen) atoms. The Labute approximate surface area is 174 Å². The Morgan fingerprint density at radius 3 is 2.64 bits per heavy atom. The van der Waals surface area contributed by atoms with Crippen molar-refractivity contribution in [2.45, 2.75) is 13.3 Å². The minimum atomic E-state index is -0.276. The van der Waals surface area contributed by atoms with Crippen LogP contribution in [0.1, 0.15) is 24.5 Å². The van der Waals surface area contributed by atoms with E-state index in [1.807, 2.05) is 36.0 Å². The number of hydrogen-bond acceptors (Lipinski definition) is 4. The van der Waals surface area contributed by atoms with Crippen molar-refractivity contribution in [3.8, 4) is 6.07 Å². The molecule has 0 spiro atoms. The normalized spacial score (nSPS) is 15.8. The maximum absolute atomic E-state index is 12.7. The number of nitrogens with one attached hydrogen (secondary N) is 1. The summed E-state index contributed by atoms with van der Waals surface area (Å²) in [6.07, 6.45) is 0.959. The van der Waals surface area contributed by atoms with Crippen LogP contribution in [0, 0.1) is 17.2 Å². The summed E-state index contributed by atoms with van der Waals surface area (Å²) in [5, 5.41) is 18.5. The molecule has 0 radical (unpaired) electrons. The third-order valence-corrected chi connectivity index (χ3v) is 5.65. The topological polar surface area (TPSA) is 68.5 Å². The summed E-state index contributed by atoms with van der Waals surface area (Å²) in [5.41, 5.74) is 3.10. The lowest BCUT2D eigenvalue weighted by molar-refractivity contribution is 0.215. The van der Waals surface area contributed by atoms with Crippen molar-refractivity contribution in [1.29, 1.82) is 5.26 Å². The van der Waals surface area contributed by atoms with Gasteiger partial charge in [0.2, 0.25) is 0 Å². The van der Waals surface area contributed by atoms with Gasteiger partial charge in [0.1, 0.15) is 0 Å². The number of benzene rings is 2. The predicted octanol–water partition coefficient (Wildman–Crippen LogP) is 5.22.